The van der Waals surface area contributed by atoms with Gasteiger partial charge in [0, 0.05) is 44.8 Å². The quantitative estimate of drug-likeness (QED) is 0.608. The van der Waals surface area contributed by atoms with Crippen LogP contribution in [0.2, 0.25) is 5.02 Å². The van der Waals surface area contributed by atoms with Gasteiger partial charge in [0.25, 0.3) is 0 Å². The first-order valence-electron chi connectivity index (χ1n) is 6.12. The van der Waals surface area contributed by atoms with Crippen molar-refractivity contribution in [1.82, 2.24) is 4.57 Å². The van der Waals surface area contributed by atoms with Gasteiger partial charge in [-0.05, 0) is 24.3 Å². The molecule has 100 valence electrons. The average Bonchev–Trinajstić information content (AvgIpc) is 2.76. The van der Waals surface area contributed by atoms with Crippen molar-refractivity contribution < 1.29 is 4.79 Å². The van der Waals surface area contributed by atoms with E-state index in [4.69, 9.17) is 11.6 Å². The Morgan fingerprint density at radius 2 is 1.90 bits per heavy atom. The van der Waals surface area contributed by atoms with Crippen LogP contribution in [0.4, 0.5) is 0 Å². The molecule has 0 aliphatic carbocycles. The minimum absolute atomic E-state index is 0.00500. The lowest BCUT2D eigenvalue weighted by molar-refractivity contribution is 0.103. The van der Waals surface area contributed by atoms with Crippen LogP contribution in [0.15, 0.2) is 53.1 Å². The van der Waals surface area contributed by atoms with E-state index in [-0.39, 0.29) is 5.78 Å². The van der Waals surface area contributed by atoms with Crippen LogP contribution in [0.3, 0.4) is 0 Å². The van der Waals surface area contributed by atoms with E-state index < -0.39 is 0 Å². The molecule has 2 aromatic carbocycles. The lowest BCUT2D eigenvalue weighted by Crippen LogP contribution is -2.01. The number of hydrogen-bond donors (Lipinski definition) is 0. The standard InChI is InChI=1S/C16H11BrClNO/c1-19-9-13(11-7-6-10(18)8-15(11)19)16(20)12-4-2-3-5-14(12)17/h2-9H,1H3. The fourth-order valence-corrected chi connectivity index (χ4v) is 2.96. The van der Waals surface area contributed by atoms with Crippen molar-refractivity contribution in [3.63, 3.8) is 0 Å². The van der Waals surface area contributed by atoms with Crippen molar-refractivity contribution in [2.75, 3.05) is 0 Å². The first-order valence-corrected chi connectivity index (χ1v) is 7.29. The number of nitrogens with zero attached hydrogens (tertiary/aromatic N) is 1. The van der Waals surface area contributed by atoms with Crippen LogP contribution in [0.5, 0.6) is 0 Å². The van der Waals surface area contributed by atoms with Gasteiger partial charge in [0.15, 0.2) is 5.78 Å². The van der Waals surface area contributed by atoms with Gasteiger partial charge in [-0.1, -0.05) is 45.7 Å². The Bertz CT molecular complexity index is 822. The number of hydrogen-bond acceptors (Lipinski definition) is 1. The maximum Gasteiger partial charge on any atom is 0.196 e. The highest BCUT2D eigenvalue weighted by molar-refractivity contribution is 9.10. The molecule has 20 heavy (non-hydrogen) atoms. The van der Waals surface area contributed by atoms with Crippen LogP contribution in [0.1, 0.15) is 15.9 Å². The molecule has 0 radical (unpaired) electrons. The third-order valence-corrected chi connectivity index (χ3v) is 4.24. The number of benzene rings is 2. The minimum atomic E-state index is 0.00500. The monoisotopic (exact) mass is 347 g/mol. The van der Waals surface area contributed by atoms with Crippen molar-refractivity contribution >= 4 is 44.2 Å². The normalized spacial score (nSPS) is 10.9. The number of carbonyl (C=O) groups excluding carboxylic acids is 1. The summed E-state index contributed by atoms with van der Waals surface area (Å²) in [5.74, 6) is 0.00500. The zero-order chi connectivity index (χ0) is 14.3. The molecule has 0 spiro atoms. The van der Waals surface area contributed by atoms with E-state index in [1.54, 1.807) is 6.07 Å². The molecule has 0 saturated heterocycles. The summed E-state index contributed by atoms with van der Waals surface area (Å²) in [4.78, 5) is 12.7. The van der Waals surface area contributed by atoms with Crippen molar-refractivity contribution in [3.8, 4) is 0 Å². The zero-order valence-electron chi connectivity index (χ0n) is 10.7. The molecular weight excluding hydrogens is 338 g/mol. The molecule has 0 atom stereocenters. The SMILES string of the molecule is Cn1cc(C(=O)c2ccccc2Br)c2ccc(Cl)cc21. The minimum Gasteiger partial charge on any atom is -0.350 e. The number of halogens is 2. The number of rotatable bonds is 2. The van der Waals surface area contributed by atoms with Crippen LogP contribution >= 0.6 is 27.5 Å². The second-order valence-electron chi connectivity index (χ2n) is 4.62. The van der Waals surface area contributed by atoms with Gasteiger partial charge < -0.3 is 4.57 Å². The molecule has 4 heteroatoms. The third kappa shape index (κ3) is 2.17. The second kappa shape index (κ2) is 5.08. The van der Waals surface area contributed by atoms with Gasteiger partial charge in [-0.15, -0.1) is 0 Å². The molecule has 1 aromatic heterocycles. The van der Waals surface area contributed by atoms with Crippen molar-refractivity contribution in [1.29, 1.82) is 0 Å². The summed E-state index contributed by atoms with van der Waals surface area (Å²) in [6.07, 6.45) is 1.85. The van der Waals surface area contributed by atoms with Gasteiger partial charge in [0.1, 0.15) is 0 Å². The third-order valence-electron chi connectivity index (χ3n) is 3.32. The molecule has 0 aliphatic rings. The van der Waals surface area contributed by atoms with Crippen molar-refractivity contribution in [3.05, 3.63) is 69.3 Å². The number of ketones is 1. The Labute approximate surface area is 130 Å². The molecule has 0 saturated carbocycles. The van der Waals surface area contributed by atoms with Crippen LogP contribution in [0, 0.1) is 0 Å². The zero-order valence-corrected chi connectivity index (χ0v) is 13.1. The Hall–Kier alpha value is -1.58. The van der Waals surface area contributed by atoms with Gasteiger partial charge in [-0.25, -0.2) is 0 Å². The number of aryl methyl sites for hydroxylation is 1. The van der Waals surface area contributed by atoms with Gasteiger partial charge in [-0.2, -0.15) is 0 Å². The Morgan fingerprint density at radius 3 is 2.65 bits per heavy atom. The van der Waals surface area contributed by atoms with Crippen molar-refractivity contribution in [2.45, 2.75) is 0 Å². The van der Waals surface area contributed by atoms with E-state index in [1.807, 2.05) is 54.2 Å². The first-order chi connectivity index (χ1) is 9.58. The van der Waals surface area contributed by atoms with E-state index in [0.717, 1.165) is 15.4 Å². The maximum absolute atomic E-state index is 12.7. The van der Waals surface area contributed by atoms with E-state index in [0.29, 0.717) is 16.1 Å². The number of carbonyl (C=O) groups is 1. The summed E-state index contributed by atoms with van der Waals surface area (Å²) in [6, 6.07) is 13.0. The molecule has 0 N–H and O–H groups in total. The Morgan fingerprint density at radius 1 is 1.15 bits per heavy atom. The Kier molecular flexibility index (Phi) is 3.40. The highest BCUT2D eigenvalue weighted by atomic mass is 79.9. The second-order valence-corrected chi connectivity index (χ2v) is 5.91. The van der Waals surface area contributed by atoms with Gasteiger partial charge in [0.05, 0.1) is 0 Å². The van der Waals surface area contributed by atoms with Gasteiger partial charge in [-0.3, -0.25) is 4.79 Å². The first kappa shape index (κ1) is 13.4. The highest BCUT2D eigenvalue weighted by Crippen LogP contribution is 2.28. The molecule has 3 aromatic rings. The van der Waals surface area contributed by atoms with Crippen LogP contribution in [0.25, 0.3) is 10.9 Å². The molecule has 0 fully saturated rings. The van der Waals surface area contributed by atoms with Crippen LogP contribution in [-0.4, -0.2) is 10.4 Å². The predicted octanol–water partition coefficient (Wildman–Crippen LogP) is 4.83. The topological polar surface area (TPSA) is 22.0 Å². The molecule has 0 bridgehead atoms. The molecule has 0 amide bonds. The van der Waals surface area contributed by atoms with E-state index in [1.165, 1.54) is 0 Å². The summed E-state index contributed by atoms with van der Waals surface area (Å²) < 4.78 is 2.72. The summed E-state index contributed by atoms with van der Waals surface area (Å²) >= 11 is 9.44. The lowest BCUT2D eigenvalue weighted by atomic mass is 10.0. The average molecular weight is 349 g/mol. The molecule has 2 nitrogen and oxygen atoms in total. The summed E-state index contributed by atoms with van der Waals surface area (Å²) in [7, 11) is 1.91. The fourth-order valence-electron chi connectivity index (χ4n) is 2.33. The Balaban J connectivity index is 2.21. The molecule has 0 unspecified atom stereocenters. The summed E-state index contributed by atoms with van der Waals surface area (Å²) in [5, 5.41) is 1.58. The smallest absolute Gasteiger partial charge is 0.196 e. The van der Waals surface area contributed by atoms with Crippen LogP contribution < -0.4 is 0 Å². The van der Waals surface area contributed by atoms with E-state index in [9.17, 15) is 4.79 Å². The van der Waals surface area contributed by atoms with Crippen molar-refractivity contribution in [2.24, 2.45) is 7.05 Å². The molecular formula is C16H11BrClNO. The molecule has 1 heterocycles. The van der Waals surface area contributed by atoms with E-state index >= 15 is 0 Å². The lowest BCUT2D eigenvalue weighted by Gasteiger charge is -2.02. The highest BCUT2D eigenvalue weighted by Gasteiger charge is 2.17. The van der Waals surface area contributed by atoms with Gasteiger partial charge in [0.2, 0.25) is 0 Å². The predicted molar refractivity (Wildman–Crippen MR) is 85.5 cm³/mol. The summed E-state index contributed by atoms with van der Waals surface area (Å²) in [5.41, 5.74) is 2.30. The molecule has 0 aliphatic heterocycles. The molecule has 3 rings (SSSR count). The maximum atomic E-state index is 12.7. The van der Waals surface area contributed by atoms with Crippen LogP contribution in [-0.2, 0) is 7.05 Å². The number of fused-ring (bicyclic) bond motifs is 1. The largest absolute Gasteiger partial charge is 0.350 e. The fraction of sp³-hybridized carbons (Fsp3) is 0.0625. The van der Waals surface area contributed by atoms with Gasteiger partial charge >= 0.3 is 0 Å². The summed E-state index contributed by atoms with van der Waals surface area (Å²) in [6.45, 7) is 0. The van der Waals surface area contributed by atoms with E-state index in [2.05, 4.69) is 15.9 Å². The number of aromatic nitrogens is 1.